The van der Waals surface area contributed by atoms with Gasteiger partial charge in [0.2, 0.25) is 5.91 Å². The van der Waals surface area contributed by atoms with E-state index >= 15 is 0 Å². The van der Waals surface area contributed by atoms with Crippen molar-refractivity contribution in [1.82, 2.24) is 5.32 Å². The Bertz CT molecular complexity index is 639. The molecular weight excluding hydrogens is 284 g/mol. The lowest BCUT2D eigenvalue weighted by Gasteiger charge is -2.25. The van der Waals surface area contributed by atoms with E-state index < -0.39 is 0 Å². The molecule has 0 bridgehead atoms. The van der Waals surface area contributed by atoms with Gasteiger partial charge < -0.3 is 10.6 Å². The minimum absolute atomic E-state index is 0.0211. The maximum atomic E-state index is 12.3. The fourth-order valence-corrected chi connectivity index (χ4v) is 2.69. The normalized spacial score (nSPS) is 16.7. The topological polar surface area (TPSA) is 41.1 Å². The molecule has 0 radical (unpaired) electrons. The van der Waals surface area contributed by atoms with Crippen LogP contribution in [0.25, 0.3) is 0 Å². The number of halogens is 1. The van der Waals surface area contributed by atoms with Crippen LogP contribution in [0.4, 0.5) is 5.69 Å². The quantitative estimate of drug-likeness (QED) is 0.913. The molecule has 1 atom stereocenters. The van der Waals surface area contributed by atoms with Crippen LogP contribution >= 0.6 is 11.6 Å². The molecule has 3 nitrogen and oxygen atoms in total. The first-order valence-electron chi connectivity index (χ1n) is 7.06. The summed E-state index contributed by atoms with van der Waals surface area (Å²) in [6.07, 6.45) is 0.787. The second-order valence-electron chi connectivity index (χ2n) is 5.28. The summed E-state index contributed by atoms with van der Waals surface area (Å²) in [7, 11) is 0. The van der Waals surface area contributed by atoms with Gasteiger partial charge in [0.25, 0.3) is 0 Å². The first-order chi connectivity index (χ1) is 10.2. The van der Waals surface area contributed by atoms with E-state index in [9.17, 15) is 4.79 Å². The number of benzene rings is 2. The number of carbonyl (C=O) groups excluding carboxylic acids is 1. The summed E-state index contributed by atoms with van der Waals surface area (Å²) in [5.41, 5.74) is 3.39. The maximum absolute atomic E-state index is 12.3. The van der Waals surface area contributed by atoms with Gasteiger partial charge in [0.1, 0.15) is 0 Å². The third-order valence-corrected chi connectivity index (χ3v) is 4.03. The highest BCUT2D eigenvalue weighted by atomic mass is 35.5. The van der Waals surface area contributed by atoms with Gasteiger partial charge in [0.15, 0.2) is 0 Å². The van der Waals surface area contributed by atoms with Gasteiger partial charge in [0.05, 0.1) is 5.92 Å². The SMILES string of the molecule is O=C(NCc1ccc(Cl)cc1)C1CNc2ccccc2C1. The molecule has 0 aromatic heterocycles. The lowest BCUT2D eigenvalue weighted by atomic mass is 9.93. The standard InChI is InChI=1S/C17H17ClN2O/c18-15-7-5-12(6-8-15)10-20-17(21)14-9-13-3-1-2-4-16(13)19-11-14/h1-8,14,19H,9-11H2,(H,20,21). The Kier molecular flexibility index (Phi) is 4.11. The van der Waals surface area contributed by atoms with Crippen molar-refractivity contribution in [2.75, 3.05) is 11.9 Å². The molecule has 0 saturated carbocycles. The average Bonchev–Trinajstić information content (AvgIpc) is 2.53. The lowest BCUT2D eigenvalue weighted by Crippen LogP contribution is -2.37. The number of rotatable bonds is 3. The van der Waals surface area contributed by atoms with Crippen LogP contribution in [0.5, 0.6) is 0 Å². The van der Waals surface area contributed by atoms with E-state index in [0.29, 0.717) is 18.1 Å². The fourth-order valence-electron chi connectivity index (χ4n) is 2.56. The second kappa shape index (κ2) is 6.19. The summed E-state index contributed by atoms with van der Waals surface area (Å²) >= 11 is 5.85. The van der Waals surface area contributed by atoms with Crippen LogP contribution in [0.1, 0.15) is 11.1 Å². The smallest absolute Gasteiger partial charge is 0.225 e. The summed E-state index contributed by atoms with van der Waals surface area (Å²) in [5.74, 6) is 0.0687. The minimum Gasteiger partial charge on any atom is -0.384 e. The summed E-state index contributed by atoms with van der Waals surface area (Å²) in [4.78, 5) is 12.3. The fraction of sp³-hybridized carbons (Fsp3) is 0.235. The molecule has 0 aliphatic carbocycles. The number of hydrogen-bond donors (Lipinski definition) is 2. The predicted molar refractivity (Wildman–Crippen MR) is 85.4 cm³/mol. The maximum Gasteiger partial charge on any atom is 0.225 e. The van der Waals surface area contributed by atoms with Crippen molar-refractivity contribution >= 4 is 23.2 Å². The third-order valence-electron chi connectivity index (χ3n) is 3.77. The van der Waals surface area contributed by atoms with Crippen LogP contribution in [-0.2, 0) is 17.8 Å². The van der Waals surface area contributed by atoms with Gasteiger partial charge in [-0.2, -0.15) is 0 Å². The van der Waals surface area contributed by atoms with E-state index in [1.165, 1.54) is 5.56 Å². The highest BCUT2D eigenvalue weighted by Crippen LogP contribution is 2.24. The van der Waals surface area contributed by atoms with Crippen molar-refractivity contribution in [2.45, 2.75) is 13.0 Å². The highest BCUT2D eigenvalue weighted by Gasteiger charge is 2.23. The largest absolute Gasteiger partial charge is 0.384 e. The van der Waals surface area contributed by atoms with E-state index in [2.05, 4.69) is 22.8 Å². The van der Waals surface area contributed by atoms with Crippen molar-refractivity contribution in [3.05, 3.63) is 64.7 Å². The van der Waals surface area contributed by atoms with Gasteiger partial charge >= 0.3 is 0 Å². The Morgan fingerprint density at radius 1 is 1.19 bits per heavy atom. The van der Waals surface area contributed by atoms with Crippen LogP contribution in [0.2, 0.25) is 5.02 Å². The first kappa shape index (κ1) is 14.0. The molecule has 0 fully saturated rings. The summed E-state index contributed by atoms with van der Waals surface area (Å²) in [6.45, 7) is 1.22. The van der Waals surface area contributed by atoms with Gasteiger partial charge in [-0.15, -0.1) is 0 Å². The van der Waals surface area contributed by atoms with Crippen molar-refractivity contribution < 1.29 is 4.79 Å². The summed E-state index contributed by atoms with van der Waals surface area (Å²) < 4.78 is 0. The number of carbonyl (C=O) groups is 1. The Hall–Kier alpha value is -2.00. The summed E-state index contributed by atoms with van der Waals surface area (Å²) in [5, 5.41) is 7.02. The molecule has 2 N–H and O–H groups in total. The van der Waals surface area contributed by atoms with Crippen LogP contribution in [-0.4, -0.2) is 12.5 Å². The van der Waals surface area contributed by atoms with Gasteiger partial charge in [-0.25, -0.2) is 0 Å². The van der Waals surface area contributed by atoms with Gasteiger partial charge in [-0.3, -0.25) is 4.79 Å². The highest BCUT2D eigenvalue weighted by molar-refractivity contribution is 6.30. The van der Waals surface area contributed by atoms with Crippen molar-refractivity contribution in [2.24, 2.45) is 5.92 Å². The van der Waals surface area contributed by atoms with E-state index in [4.69, 9.17) is 11.6 Å². The van der Waals surface area contributed by atoms with Gasteiger partial charge in [0, 0.05) is 23.8 Å². The molecule has 0 spiro atoms. The number of hydrogen-bond acceptors (Lipinski definition) is 2. The Morgan fingerprint density at radius 3 is 2.76 bits per heavy atom. The van der Waals surface area contributed by atoms with E-state index in [-0.39, 0.29) is 11.8 Å². The molecule has 3 rings (SSSR count). The van der Waals surface area contributed by atoms with Gasteiger partial charge in [-0.05, 0) is 35.7 Å². The Morgan fingerprint density at radius 2 is 1.95 bits per heavy atom. The molecule has 1 unspecified atom stereocenters. The molecule has 2 aromatic carbocycles. The Labute approximate surface area is 129 Å². The molecule has 2 aromatic rings. The van der Waals surface area contributed by atoms with E-state index in [0.717, 1.165) is 17.7 Å². The number of para-hydroxylation sites is 1. The molecule has 1 amide bonds. The third kappa shape index (κ3) is 3.37. The first-order valence-corrected chi connectivity index (χ1v) is 7.44. The molecule has 1 heterocycles. The van der Waals surface area contributed by atoms with Crippen LogP contribution in [0.3, 0.4) is 0 Å². The van der Waals surface area contributed by atoms with E-state index in [1.807, 2.05) is 36.4 Å². The molecule has 4 heteroatoms. The zero-order valence-electron chi connectivity index (χ0n) is 11.6. The number of fused-ring (bicyclic) bond motifs is 1. The monoisotopic (exact) mass is 300 g/mol. The molecule has 0 saturated heterocycles. The summed E-state index contributed by atoms with van der Waals surface area (Å²) in [6, 6.07) is 15.7. The van der Waals surface area contributed by atoms with Gasteiger partial charge in [-0.1, -0.05) is 41.9 Å². The van der Waals surface area contributed by atoms with Crippen LogP contribution < -0.4 is 10.6 Å². The molecular formula is C17H17ClN2O. The van der Waals surface area contributed by atoms with Crippen LogP contribution in [0, 0.1) is 5.92 Å². The second-order valence-corrected chi connectivity index (χ2v) is 5.72. The number of amides is 1. The molecule has 21 heavy (non-hydrogen) atoms. The average molecular weight is 301 g/mol. The minimum atomic E-state index is -0.0211. The zero-order valence-corrected chi connectivity index (χ0v) is 12.4. The number of nitrogens with one attached hydrogen (secondary N) is 2. The Balaban J connectivity index is 1.58. The zero-order chi connectivity index (χ0) is 14.7. The molecule has 1 aliphatic heterocycles. The predicted octanol–water partition coefficient (Wildman–Crippen LogP) is 3.24. The number of anilines is 1. The molecule has 108 valence electrons. The van der Waals surface area contributed by atoms with Crippen molar-refractivity contribution in [3.63, 3.8) is 0 Å². The van der Waals surface area contributed by atoms with Crippen molar-refractivity contribution in [3.8, 4) is 0 Å². The molecule has 1 aliphatic rings. The van der Waals surface area contributed by atoms with Crippen LogP contribution in [0.15, 0.2) is 48.5 Å². The van der Waals surface area contributed by atoms with E-state index in [1.54, 1.807) is 0 Å². The van der Waals surface area contributed by atoms with Crippen molar-refractivity contribution in [1.29, 1.82) is 0 Å². The lowest BCUT2D eigenvalue weighted by molar-refractivity contribution is -0.124.